The van der Waals surface area contributed by atoms with Gasteiger partial charge in [0.15, 0.2) is 4.80 Å². The van der Waals surface area contributed by atoms with Crippen LogP contribution in [0.5, 0.6) is 0 Å². The Labute approximate surface area is 188 Å². The molecule has 164 valence electrons. The van der Waals surface area contributed by atoms with Crippen LogP contribution in [0.25, 0.3) is 6.08 Å². The van der Waals surface area contributed by atoms with E-state index in [1.54, 1.807) is 19.1 Å². The summed E-state index contributed by atoms with van der Waals surface area (Å²) in [5.74, 6) is -0.975. The molecule has 0 saturated carbocycles. The van der Waals surface area contributed by atoms with Crippen molar-refractivity contribution in [2.45, 2.75) is 13.0 Å². The molecule has 0 N–H and O–H groups in total. The monoisotopic (exact) mass is 451 g/mol. The third kappa shape index (κ3) is 3.89. The quantitative estimate of drug-likeness (QED) is 0.572. The Kier molecular flexibility index (Phi) is 5.80. The van der Waals surface area contributed by atoms with Gasteiger partial charge >= 0.3 is 5.97 Å². The van der Waals surface area contributed by atoms with E-state index in [4.69, 9.17) is 4.74 Å². The molecular weight excluding hydrogens is 429 g/mol. The van der Waals surface area contributed by atoms with Gasteiger partial charge < -0.3 is 9.64 Å². The van der Waals surface area contributed by atoms with E-state index in [2.05, 4.69) is 4.99 Å². The minimum Gasteiger partial charge on any atom is -0.466 e. The Hall–Kier alpha value is -3.52. The van der Waals surface area contributed by atoms with Crippen LogP contribution in [0.3, 0.4) is 0 Å². The van der Waals surface area contributed by atoms with Crippen molar-refractivity contribution in [1.82, 2.24) is 4.57 Å². The highest BCUT2D eigenvalue weighted by molar-refractivity contribution is 7.07. The minimum atomic E-state index is -0.752. The Morgan fingerprint density at radius 1 is 1.16 bits per heavy atom. The van der Waals surface area contributed by atoms with Crippen molar-refractivity contribution in [3.8, 4) is 0 Å². The summed E-state index contributed by atoms with van der Waals surface area (Å²) < 4.78 is 20.5. The molecule has 1 aliphatic rings. The number of hydrogen-bond donors (Lipinski definition) is 0. The van der Waals surface area contributed by atoms with Crippen molar-refractivity contribution >= 4 is 29.1 Å². The zero-order valence-electron chi connectivity index (χ0n) is 18.1. The molecular formula is C24H22FN3O3S. The number of anilines is 1. The maximum atomic E-state index is 13.6. The molecule has 0 aliphatic carbocycles. The number of methoxy groups -OCH3 is 1. The number of hydrogen-bond acceptors (Lipinski definition) is 6. The molecule has 4 rings (SSSR count). The summed E-state index contributed by atoms with van der Waals surface area (Å²) >= 11 is 1.25. The fourth-order valence-corrected chi connectivity index (χ4v) is 4.72. The van der Waals surface area contributed by atoms with E-state index >= 15 is 0 Å². The minimum absolute atomic E-state index is 0.258. The van der Waals surface area contributed by atoms with Crippen LogP contribution in [0, 0.1) is 5.82 Å². The number of allylic oxidation sites excluding steroid dienone is 1. The van der Waals surface area contributed by atoms with Gasteiger partial charge in [-0.25, -0.2) is 14.2 Å². The van der Waals surface area contributed by atoms with Crippen molar-refractivity contribution in [3.05, 3.63) is 96.4 Å². The molecule has 2 aromatic carbocycles. The second-order valence-corrected chi connectivity index (χ2v) is 8.62. The lowest BCUT2D eigenvalue weighted by molar-refractivity contribution is -0.136. The maximum absolute atomic E-state index is 13.6. The summed E-state index contributed by atoms with van der Waals surface area (Å²) in [5.41, 5.74) is 2.99. The Morgan fingerprint density at radius 3 is 2.41 bits per heavy atom. The molecule has 3 aromatic rings. The van der Waals surface area contributed by atoms with Gasteiger partial charge in [0.1, 0.15) is 5.82 Å². The molecule has 0 bridgehead atoms. The molecule has 2 heterocycles. The molecule has 1 atom stereocenters. The Morgan fingerprint density at radius 2 is 1.81 bits per heavy atom. The standard InChI is InChI=1S/C24H22FN3O3S/c1-14-20(23(30)31-4)21(16-7-9-17(25)10-8-16)28-22(29)19(32-24(28)26-14)13-15-5-11-18(12-6-15)27(2)3/h5-13,21H,1-4H3/b19-13-/t21-/m1/s1. The van der Waals surface area contributed by atoms with Crippen molar-refractivity contribution in [2.24, 2.45) is 4.99 Å². The number of fused-ring (bicyclic) bond motifs is 1. The number of benzene rings is 2. The van der Waals surface area contributed by atoms with Gasteiger partial charge in [0.25, 0.3) is 5.56 Å². The largest absolute Gasteiger partial charge is 0.466 e. The van der Waals surface area contributed by atoms with E-state index in [1.807, 2.05) is 49.3 Å². The molecule has 0 amide bonds. The van der Waals surface area contributed by atoms with Crippen molar-refractivity contribution in [3.63, 3.8) is 0 Å². The summed E-state index contributed by atoms with van der Waals surface area (Å²) in [7, 11) is 5.21. The summed E-state index contributed by atoms with van der Waals surface area (Å²) in [6.07, 6.45) is 1.81. The highest BCUT2D eigenvalue weighted by Gasteiger charge is 2.33. The maximum Gasteiger partial charge on any atom is 0.338 e. The van der Waals surface area contributed by atoms with E-state index in [9.17, 15) is 14.0 Å². The van der Waals surface area contributed by atoms with Crippen molar-refractivity contribution in [1.29, 1.82) is 0 Å². The number of thiazole rings is 1. The number of rotatable bonds is 4. The number of esters is 1. The van der Waals surface area contributed by atoms with E-state index in [0.717, 1.165) is 11.3 Å². The predicted octanol–water partition coefficient (Wildman–Crippen LogP) is 2.61. The van der Waals surface area contributed by atoms with Crippen LogP contribution in [0.15, 0.2) is 69.6 Å². The van der Waals surface area contributed by atoms with Gasteiger partial charge in [0.2, 0.25) is 0 Å². The lowest BCUT2D eigenvalue weighted by atomic mass is 9.96. The fourth-order valence-electron chi connectivity index (χ4n) is 3.67. The zero-order chi connectivity index (χ0) is 23.0. The van der Waals surface area contributed by atoms with E-state index in [0.29, 0.717) is 20.6 Å². The molecule has 0 radical (unpaired) electrons. The number of ether oxygens (including phenoxy) is 1. The summed E-state index contributed by atoms with van der Waals surface area (Å²) in [6.45, 7) is 1.71. The number of aromatic nitrogens is 1. The van der Waals surface area contributed by atoms with E-state index in [-0.39, 0.29) is 11.1 Å². The van der Waals surface area contributed by atoms with E-state index < -0.39 is 17.8 Å². The van der Waals surface area contributed by atoms with Gasteiger partial charge in [-0.1, -0.05) is 35.6 Å². The summed E-state index contributed by atoms with van der Waals surface area (Å²) in [6, 6.07) is 12.8. The van der Waals surface area contributed by atoms with Crippen LogP contribution >= 0.6 is 11.3 Å². The van der Waals surface area contributed by atoms with Crippen LogP contribution in [-0.2, 0) is 9.53 Å². The van der Waals surface area contributed by atoms with Crippen molar-refractivity contribution < 1.29 is 13.9 Å². The molecule has 32 heavy (non-hydrogen) atoms. The highest BCUT2D eigenvalue weighted by atomic mass is 32.1. The lowest BCUT2D eigenvalue weighted by Gasteiger charge is -2.24. The molecule has 0 saturated heterocycles. The van der Waals surface area contributed by atoms with Gasteiger partial charge in [0.05, 0.1) is 29.0 Å². The van der Waals surface area contributed by atoms with Crippen LogP contribution in [-0.4, -0.2) is 31.7 Å². The SMILES string of the molecule is COC(=O)C1=C(C)N=c2s/c(=C\c3ccc(N(C)C)cc3)c(=O)n2[C@@H]1c1ccc(F)cc1. The molecule has 6 nitrogen and oxygen atoms in total. The number of carbonyl (C=O) groups excluding carboxylic acids is 1. The first-order valence-corrected chi connectivity index (χ1v) is 10.8. The van der Waals surface area contributed by atoms with Gasteiger partial charge in [0, 0.05) is 19.8 Å². The van der Waals surface area contributed by atoms with Crippen LogP contribution in [0.4, 0.5) is 10.1 Å². The van der Waals surface area contributed by atoms with Gasteiger partial charge in [-0.15, -0.1) is 0 Å². The number of carbonyl (C=O) groups is 1. The second kappa shape index (κ2) is 8.55. The number of nitrogens with zero attached hydrogens (tertiary/aromatic N) is 3. The molecule has 1 aliphatic heterocycles. The average molecular weight is 452 g/mol. The topological polar surface area (TPSA) is 63.9 Å². The zero-order valence-corrected chi connectivity index (χ0v) is 18.9. The second-order valence-electron chi connectivity index (χ2n) is 7.61. The molecule has 1 aromatic heterocycles. The smallest absolute Gasteiger partial charge is 0.338 e. The fraction of sp³-hybridized carbons (Fsp3) is 0.208. The first kappa shape index (κ1) is 21.7. The van der Waals surface area contributed by atoms with Crippen LogP contribution < -0.4 is 19.8 Å². The van der Waals surface area contributed by atoms with Gasteiger partial charge in [-0.2, -0.15) is 0 Å². The summed E-state index contributed by atoms with van der Waals surface area (Å²) in [5, 5.41) is 0. The van der Waals surface area contributed by atoms with Gasteiger partial charge in [-0.05, 0) is 48.4 Å². The first-order chi connectivity index (χ1) is 15.3. The third-order valence-electron chi connectivity index (χ3n) is 5.32. The van der Waals surface area contributed by atoms with E-state index in [1.165, 1.54) is 35.1 Å². The first-order valence-electron chi connectivity index (χ1n) is 9.94. The highest BCUT2D eigenvalue weighted by Crippen LogP contribution is 2.30. The van der Waals surface area contributed by atoms with Crippen LogP contribution in [0.2, 0.25) is 0 Å². The van der Waals surface area contributed by atoms with Crippen molar-refractivity contribution in [2.75, 3.05) is 26.1 Å². The average Bonchev–Trinajstić information content (AvgIpc) is 3.08. The van der Waals surface area contributed by atoms with Gasteiger partial charge in [-0.3, -0.25) is 9.36 Å². The molecule has 8 heteroatoms. The van der Waals surface area contributed by atoms with Crippen LogP contribution in [0.1, 0.15) is 24.1 Å². The predicted molar refractivity (Wildman–Crippen MR) is 123 cm³/mol. The molecule has 0 spiro atoms. The number of halogens is 1. The summed E-state index contributed by atoms with van der Waals surface area (Å²) in [4.78, 5) is 33.0. The normalized spacial score (nSPS) is 15.9. The third-order valence-corrected chi connectivity index (χ3v) is 6.30. The lowest BCUT2D eigenvalue weighted by Crippen LogP contribution is -2.39. The Bertz CT molecular complexity index is 1380. The molecule has 0 fully saturated rings. The molecule has 0 unspecified atom stereocenters. The Balaban J connectivity index is 1.91.